The number of para-hydroxylation sites is 1. The van der Waals surface area contributed by atoms with Crippen LogP contribution in [-0.4, -0.2) is 12.1 Å². The summed E-state index contributed by atoms with van der Waals surface area (Å²) in [4.78, 5) is 4.32. The summed E-state index contributed by atoms with van der Waals surface area (Å²) in [5.74, 6) is 0.484. The average molecular weight is 258 g/mol. The van der Waals surface area contributed by atoms with Crippen LogP contribution < -0.4 is 10.5 Å². The van der Waals surface area contributed by atoms with Gasteiger partial charge < -0.3 is 14.9 Å². The second kappa shape index (κ2) is 4.28. The molecule has 2 N–H and O–H groups in total. The molecule has 3 aromatic rings. The number of aromatic nitrogens is 1. The van der Waals surface area contributed by atoms with Gasteiger partial charge in [-0.1, -0.05) is 6.07 Å². The molecule has 0 aliphatic heterocycles. The van der Waals surface area contributed by atoms with Crippen molar-refractivity contribution in [2.24, 2.45) is 0 Å². The zero-order chi connectivity index (χ0) is 13.4. The highest BCUT2D eigenvalue weighted by atomic mass is 19.1. The summed E-state index contributed by atoms with van der Waals surface area (Å²) in [5.41, 5.74) is 7.81. The summed E-state index contributed by atoms with van der Waals surface area (Å²) in [6, 6.07) is 9.42. The number of ether oxygens (including phenoxy) is 1. The molecule has 0 bridgehead atoms. The Balaban J connectivity index is 2.23. The van der Waals surface area contributed by atoms with Gasteiger partial charge in [-0.2, -0.15) is 0 Å². The van der Waals surface area contributed by atoms with E-state index in [1.165, 1.54) is 18.2 Å². The van der Waals surface area contributed by atoms with Crippen molar-refractivity contribution in [1.29, 1.82) is 0 Å². The number of anilines is 1. The van der Waals surface area contributed by atoms with E-state index in [9.17, 15) is 4.39 Å². The lowest BCUT2D eigenvalue weighted by Gasteiger charge is -2.00. The highest BCUT2D eigenvalue weighted by Crippen LogP contribution is 2.32. The van der Waals surface area contributed by atoms with E-state index in [0.717, 1.165) is 0 Å². The van der Waals surface area contributed by atoms with Crippen LogP contribution in [0.3, 0.4) is 0 Å². The number of nitrogen functional groups attached to an aromatic ring is 1. The standard InChI is InChI=1S/C14H11FN2O2/c1-18-11-3-2-4-12-13(11)17-14(19-12)9-7-8(15)5-6-10(9)16/h2-7H,16H2,1H3. The van der Waals surface area contributed by atoms with E-state index in [4.69, 9.17) is 14.9 Å². The number of hydrogen-bond donors (Lipinski definition) is 1. The Labute approximate surface area is 108 Å². The molecule has 5 heteroatoms. The zero-order valence-electron chi connectivity index (χ0n) is 10.2. The molecule has 0 saturated carbocycles. The number of halogens is 1. The first-order chi connectivity index (χ1) is 9.19. The topological polar surface area (TPSA) is 61.3 Å². The lowest BCUT2D eigenvalue weighted by atomic mass is 10.2. The lowest BCUT2D eigenvalue weighted by Crippen LogP contribution is -1.91. The third-order valence-corrected chi connectivity index (χ3v) is 2.85. The molecule has 0 radical (unpaired) electrons. The van der Waals surface area contributed by atoms with Gasteiger partial charge >= 0.3 is 0 Å². The maximum Gasteiger partial charge on any atom is 0.229 e. The van der Waals surface area contributed by atoms with Crippen LogP contribution in [0, 0.1) is 5.82 Å². The van der Waals surface area contributed by atoms with Crippen LogP contribution in [0.15, 0.2) is 40.8 Å². The van der Waals surface area contributed by atoms with Gasteiger partial charge in [0.25, 0.3) is 0 Å². The summed E-state index contributed by atoms with van der Waals surface area (Å²) >= 11 is 0. The van der Waals surface area contributed by atoms with Crippen molar-refractivity contribution in [3.05, 3.63) is 42.2 Å². The predicted octanol–water partition coefficient (Wildman–Crippen LogP) is 3.22. The Morgan fingerprint density at radius 1 is 1.26 bits per heavy atom. The van der Waals surface area contributed by atoms with Gasteiger partial charge in [0.2, 0.25) is 5.89 Å². The van der Waals surface area contributed by atoms with Crippen molar-refractivity contribution in [2.75, 3.05) is 12.8 Å². The minimum absolute atomic E-state index is 0.275. The first-order valence-corrected chi connectivity index (χ1v) is 5.68. The fourth-order valence-corrected chi connectivity index (χ4v) is 1.92. The van der Waals surface area contributed by atoms with Crippen molar-refractivity contribution in [2.45, 2.75) is 0 Å². The fourth-order valence-electron chi connectivity index (χ4n) is 1.92. The number of hydrogen-bond acceptors (Lipinski definition) is 4. The number of nitrogens with two attached hydrogens (primary N) is 1. The Hall–Kier alpha value is -2.56. The summed E-state index contributed by atoms with van der Waals surface area (Å²) < 4.78 is 24.1. The van der Waals surface area contributed by atoms with Crippen LogP contribution in [0.1, 0.15) is 0 Å². The number of rotatable bonds is 2. The fraction of sp³-hybridized carbons (Fsp3) is 0.0714. The smallest absolute Gasteiger partial charge is 0.229 e. The highest BCUT2D eigenvalue weighted by molar-refractivity contribution is 5.84. The first kappa shape index (κ1) is 11.5. The molecule has 3 rings (SSSR count). The minimum atomic E-state index is -0.390. The molecule has 0 fully saturated rings. The number of benzene rings is 2. The van der Waals surface area contributed by atoms with E-state index in [2.05, 4.69) is 4.98 Å². The van der Waals surface area contributed by atoms with Gasteiger partial charge in [-0.25, -0.2) is 9.37 Å². The molecule has 0 aliphatic rings. The van der Waals surface area contributed by atoms with Crippen LogP contribution >= 0.6 is 0 Å². The molecule has 1 aromatic heterocycles. The third-order valence-electron chi connectivity index (χ3n) is 2.85. The Bertz CT molecular complexity index is 752. The van der Waals surface area contributed by atoms with Crippen molar-refractivity contribution in [1.82, 2.24) is 4.98 Å². The molecular weight excluding hydrogens is 247 g/mol. The SMILES string of the molecule is COc1cccc2oc(-c3cc(F)ccc3N)nc12. The minimum Gasteiger partial charge on any atom is -0.494 e. The summed E-state index contributed by atoms with van der Waals surface area (Å²) in [6.07, 6.45) is 0. The normalized spacial score (nSPS) is 10.8. The molecule has 0 aliphatic carbocycles. The van der Waals surface area contributed by atoms with Crippen LogP contribution in [0.2, 0.25) is 0 Å². The van der Waals surface area contributed by atoms with Gasteiger partial charge in [-0.05, 0) is 30.3 Å². The zero-order valence-corrected chi connectivity index (χ0v) is 10.2. The summed E-state index contributed by atoms with van der Waals surface area (Å²) in [7, 11) is 1.56. The molecule has 0 amide bonds. The van der Waals surface area contributed by atoms with Gasteiger partial charge in [0.1, 0.15) is 11.6 Å². The van der Waals surface area contributed by atoms with Crippen molar-refractivity contribution in [3.63, 3.8) is 0 Å². The number of nitrogens with zero attached hydrogens (tertiary/aromatic N) is 1. The van der Waals surface area contributed by atoms with Gasteiger partial charge in [0.15, 0.2) is 11.1 Å². The molecule has 0 saturated heterocycles. The highest BCUT2D eigenvalue weighted by Gasteiger charge is 2.14. The third kappa shape index (κ3) is 1.89. The number of methoxy groups -OCH3 is 1. The van der Waals surface area contributed by atoms with E-state index >= 15 is 0 Å². The Morgan fingerprint density at radius 2 is 2.11 bits per heavy atom. The molecule has 0 unspecified atom stereocenters. The lowest BCUT2D eigenvalue weighted by molar-refractivity contribution is 0.419. The second-order valence-electron chi connectivity index (χ2n) is 4.06. The van der Waals surface area contributed by atoms with Crippen LogP contribution in [-0.2, 0) is 0 Å². The quantitative estimate of drug-likeness (QED) is 0.717. The first-order valence-electron chi connectivity index (χ1n) is 5.68. The average Bonchev–Trinajstić information content (AvgIpc) is 2.85. The molecule has 96 valence electrons. The van der Waals surface area contributed by atoms with Crippen LogP contribution in [0.4, 0.5) is 10.1 Å². The maximum absolute atomic E-state index is 13.3. The molecule has 0 atom stereocenters. The molecule has 0 spiro atoms. The van der Waals surface area contributed by atoms with Crippen molar-refractivity contribution >= 4 is 16.8 Å². The van der Waals surface area contributed by atoms with E-state index < -0.39 is 5.82 Å². The predicted molar refractivity (Wildman–Crippen MR) is 70.4 cm³/mol. The molecule has 2 aromatic carbocycles. The Kier molecular flexibility index (Phi) is 2.59. The van der Waals surface area contributed by atoms with Crippen molar-refractivity contribution < 1.29 is 13.5 Å². The monoisotopic (exact) mass is 258 g/mol. The Morgan fingerprint density at radius 3 is 2.89 bits per heavy atom. The second-order valence-corrected chi connectivity index (χ2v) is 4.06. The molecule has 1 heterocycles. The van der Waals surface area contributed by atoms with E-state index in [0.29, 0.717) is 28.1 Å². The van der Waals surface area contributed by atoms with Crippen molar-refractivity contribution in [3.8, 4) is 17.2 Å². The molecule has 19 heavy (non-hydrogen) atoms. The van der Waals surface area contributed by atoms with Gasteiger partial charge in [0.05, 0.1) is 12.7 Å². The van der Waals surface area contributed by atoms with Gasteiger partial charge in [-0.3, -0.25) is 0 Å². The number of oxazole rings is 1. The van der Waals surface area contributed by atoms with Crippen LogP contribution in [0.25, 0.3) is 22.6 Å². The largest absolute Gasteiger partial charge is 0.494 e. The van der Waals surface area contributed by atoms with E-state index in [1.807, 2.05) is 0 Å². The summed E-state index contributed by atoms with van der Waals surface area (Å²) in [5, 5.41) is 0. The number of fused-ring (bicyclic) bond motifs is 1. The van der Waals surface area contributed by atoms with Gasteiger partial charge in [-0.15, -0.1) is 0 Å². The van der Waals surface area contributed by atoms with Gasteiger partial charge in [0, 0.05) is 5.69 Å². The molecule has 4 nitrogen and oxygen atoms in total. The van der Waals surface area contributed by atoms with E-state index in [-0.39, 0.29) is 5.89 Å². The van der Waals surface area contributed by atoms with E-state index in [1.54, 1.807) is 25.3 Å². The molecular formula is C14H11FN2O2. The summed E-state index contributed by atoms with van der Waals surface area (Å²) in [6.45, 7) is 0. The maximum atomic E-state index is 13.3. The van der Waals surface area contributed by atoms with Crippen LogP contribution in [0.5, 0.6) is 5.75 Å².